The molecule has 0 heterocycles. The van der Waals surface area contributed by atoms with E-state index < -0.39 is 5.82 Å². The lowest BCUT2D eigenvalue weighted by molar-refractivity contribution is -0.105. The van der Waals surface area contributed by atoms with Gasteiger partial charge in [-0.25, -0.2) is 4.39 Å². The maximum atomic E-state index is 14.8. The van der Waals surface area contributed by atoms with E-state index in [2.05, 4.69) is 23.3 Å². The van der Waals surface area contributed by atoms with E-state index in [-0.39, 0.29) is 6.42 Å². The normalized spacial score (nSPS) is 12.2. The van der Waals surface area contributed by atoms with Crippen LogP contribution in [0.3, 0.4) is 0 Å². The number of nitriles is 1. The fraction of sp³-hybridized carbons (Fsp3) is 0.292. The predicted molar refractivity (Wildman–Crippen MR) is 115 cm³/mol. The number of halogens is 1. The quantitative estimate of drug-likeness (QED) is 0.292. The summed E-state index contributed by atoms with van der Waals surface area (Å²) in [6.45, 7) is 3.91. The molecule has 0 saturated heterocycles. The predicted octanol–water partition coefficient (Wildman–Crippen LogP) is 5.19. The second-order valence-corrected chi connectivity index (χ2v) is 6.80. The van der Waals surface area contributed by atoms with Gasteiger partial charge in [0.15, 0.2) is 0 Å². The Morgan fingerprint density at radius 1 is 1.28 bits per heavy atom. The molecule has 0 atom stereocenters. The molecule has 0 unspecified atom stereocenters. The van der Waals surface area contributed by atoms with Crippen molar-refractivity contribution in [1.82, 2.24) is 5.32 Å². The van der Waals surface area contributed by atoms with Gasteiger partial charge in [0, 0.05) is 24.7 Å². The summed E-state index contributed by atoms with van der Waals surface area (Å²) in [4.78, 5) is 15.9. The smallest absolute Gasteiger partial charge is 0.148 e. The molecule has 0 amide bonds. The lowest BCUT2D eigenvalue weighted by atomic mass is 9.96. The van der Waals surface area contributed by atoms with Gasteiger partial charge in [-0.2, -0.15) is 5.26 Å². The van der Waals surface area contributed by atoms with Crippen molar-refractivity contribution in [1.29, 1.82) is 5.26 Å². The largest absolute Gasteiger partial charge is 0.347 e. The maximum absolute atomic E-state index is 14.8. The first-order valence-corrected chi connectivity index (χ1v) is 9.69. The molecule has 0 saturated carbocycles. The van der Waals surface area contributed by atoms with Crippen molar-refractivity contribution in [2.75, 3.05) is 7.05 Å². The molecule has 0 fully saturated rings. The van der Waals surface area contributed by atoms with Crippen molar-refractivity contribution in [2.24, 2.45) is 4.99 Å². The van der Waals surface area contributed by atoms with Crippen LogP contribution in [-0.4, -0.2) is 19.2 Å². The third kappa shape index (κ3) is 5.86. The zero-order chi connectivity index (χ0) is 21.2. The van der Waals surface area contributed by atoms with E-state index in [1.807, 2.05) is 13.0 Å². The molecule has 0 aliphatic heterocycles. The van der Waals surface area contributed by atoms with E-state index in [9.17, 15) is 14.4 Å². The van der Waals surface area contributed by atoms with Gasteiger partial charge >= 0.3 is 0 Å². The molecule has 0 radical (unpaired) electrons. The van der Waals surface area contributed by atoms with Gasteiger partial charge in [0.2, 0.25) is 0 Å². The third-order valence-corrected chi connectivity index (χ3v) is 4.77. The Labute approximate surface area is 171 Å². The van der Waals surface area contributed by atoms with Gasteiger partial charge in [-0.3, -0.25) is 9.79 Å². The summed E-state index contributed by atoms with van der Waals surface area (Å²) in [5.74, 6) is 0.310. The van der Waals surface area contributed by atoms with Gasteiger partial charge in [0.25, 0.3) is 0 Å². The zero-order valence-corrected chi connectivity index (χ0v) is 17.1. The molecule has 2 aromatic carbocycles. The number of rotatable bonds is 8. The van der Waals surface area contributed by atoms with Gasteiger partial charge in [-0.1, -0.05) is 43.7 Å². The van der Waals surface area contributed by atoms with E-state index in [1.165, 1.54) is 6.07 Å². The maximum Gasteiger partial charge on any atom is 0.148 e. The van der Waals surface area contributed by atoms with E-state index in [1.54, 1.807) is 37.4 Å². The van der Waals surface area contributed by atoms with Crippen LogP contribution in [0, 0.1) is 17.1 Å². The summed E-state index contributed by atoms with van der Waals surface area (Å²) >= 11 is 0. The number of benzene rings is 2. The standard InChI is InChI=1S/C24H26FN3O/c1-4-5-10-24(28-17(2)27-3)21(16-29)13-19-12-11-18(14-23(19)25)22-9-7-6-8-20(22)15-26/h6-9,11-12,14,16H,4-5,10,13H2,1-3H3,(H,27,28)/b24-21-. The first kappa shape index (κ1) is 22.0. The summed E-state index contributed by atoms with van der Waals surface area (Å²) in [6.07, 6.45) is 3.59. The molecule has 29 heavy (non-hydrogen) atoms. The second-order valence-electron chi connectivity index (χ2n) is 6.80. The first-order valence-electron chi connectivity index (χ1n) is 9.69. The summed E-state index contributed by atoms with van der Waals surface area (Å²) < 4.78 is 14.8. The van der Waals surface area contributed by atoms with Gasteiger partial charge in [-0.15, -0.1) is 0 Å². The topological polar surface area (TPSA) is 65.2 Å². The monoisotopic (exact) mass is 391 g/mol. The van der Waals surface area contributed by atoms with Crippen LogP contribution in [0.1, 0.15) is 44.2 Å². The minimum Gasteiger partial charge on any atom is -0.347 e. The molecule has 0 aliphatic carbocycles. The number of hydrogen-bond acceptors (Lipinski definition) is 3. The van der Waals surface area contributed by atoms with Crippen LogP contribution in [0.2, 0.25) is 0 Å². The van der Waals surface area contributed by atoms with Crippen molar-refractivity contribution in [2.45, 2.75) is 39.5 Å². The van der Waals surface area contributed by atoms with Gasteiger partial charge in [0.1, 0.15) is 12.1 Å². The number of hydrogen-bond donors (Lipinski definition) is 1. The Kier molecular flexibility index (Phi) is 8.29. The van der Waals surface area contributed by atoms with Crippen LogP contribution in [0.25, 0.3) is 11.1 Å². The molecule has 150 valence electrons. The van der Waals surface area contributed by atoms with E-state index in [4.69, 9.17) is 0 Å². The van der Waals surface area contributed by atoms with E-state index >= 15 is 0 Å². The van der Waals surface area contributed by atoms with Crippen LogP contribution in [0.5, 0.6) is 0 Å². The Hall–Kier alpha value is -3.26. The summed E-state index contributed by atoms with van der Waals surface area (Å²) in [5, 5.41) is 12.5. The van der Waals surface area contributed by atoms with Crippen molar-refractivity contribution >= 4 is 12.1 Å². The molecule has 5 heteroatoms. The van der Waals surface area contributed by atoms with E-state index in [0.717, 1.165) is 24.8 Å². The van der Waals surface area contributed by atoms with Crippen LogP contribution >= 0.6 is 0 Å². The number of amidine groups is 1. The highest BCUT2D eigenvalue weighted by Gasteiger charge is 2.13. The molecule has 0 aliphatic rings. The van der Waals surface area contributed by atoms with E-state index in [0.29, 0.717) is 40.1 Å². The molecular weight excluding hydrogens is 365 g/mol. The molecule has 0 aromatic heterocycles. The number of unbranched alkanes of at least 4 members (excludes halogenated alkanes) is 1. The summed E-state index contributed by atoms with van der Waals surface area (Å²) in [7, 11) is 1.68. The van der Waals surface area contributed by atoms with Crippen LogP contribution in [0.4, 0.5) is 4.39 Å². The highest BCUT2D eigenvalue weighted by atomic mass is 19.1. The van der Waals surface area contributed by atoms with Gasteiger partial charge < -0.3 is 5.32 Å². The lowest BCUT2D eigenvalue weighted by Gasteiger charge is -2.15. The highest BCUT2D eigenvalue weighted by Crippen LogP contribution is 2.26. The molecule has 1 N–H and O–H groups in total. The third-order valence-electron chi connectivity index (χ3n) is 4.77. The fourth-order valence-electron chi connectivity index (χ4n) is 3.05. The molecule has 0 spiro atoms. The summed E-state index contributed by atoms with van der Waals surface area (Å²) in [5.41, 5.74) is 3.56. The Balaban J connectivity index is 2.38. The molecule has 4 nitrogen and oxygen atoms in total. The molecule has 0 bridgehead atoms. The van der Waals surface area contributed by atoms with Crippen LogP contribution in [0.15, 0.2) is 58.7 Å². The SMILES string of the molecule is CCCC/C(NC(C)=NC)=C(/C=O)Cc1ccc(-c2ccccc2C#N)cc1F. The number of aliphatic imine (C=N–C) groups is 1. The first-order chi connectivity index (χ1) is 14.0. The Morgan fingerprint density at radius 3 is 2.66 bits per heavy atom. The fourth-order valence-corrected chi connectivity index (χ4v) is 3.05. The van der Waals surface area contributed by atoms with Gasteiger partial charge in [-0.05, 0) is 48.6 Å². The molecule has 2 rings (SSSR count). The van der Waals surface area contributed by atoms with Crippen LogP contribution < -0.4 is 5.32 Å². The van der Waals surface area contributed by atoms with Crippen molar-refractivity contribution in [3.05, 3.63) is 70.7 Å². The number of nitrogens with one attached hydrogen (secondary N) is 1. The Bertz CT molecular complexity index is 970. The lowest BCUT2D eigenvalue weighted by Crippen LogP contribution is -2.22. The van der Waals surface area contributed by atoms with Crippen LogP contribution in [-0.2, 0) is 11.2 Å². The highest BCUT2D eigenvalue weighted by molar-refractivity contribution is 5.84. The number of carbonyl (C=O) groups is 1. The minimum absolute atomic E-state index is 0.193. The van der Waals surface area contributed by atoms with Gasteiger partial charge in [0.05, 0.1) is 17.5 Å². The average Bonchev–Trinajstić information content (AvgIpc) is 2.75. The number of allylic oxidation sites excluding steroid dienone is 2. The Morgan fingerprint density at radius 2 is 2.03 bits per heavy atom. The second kappa shape index (κ2) is 10.9. The van der Waals surface area contributed by atoms with Crippen molar-refractivity contribution in [3.8, 4) is 17.2 Å². The number of carbonyl (C=O) groups excluding carboxylic acids is 1. The van der Waals surface area contributed by atoms with Crippen molar-refractivity contribution in [3.63, 3.8) is 0 Å². The zero-order valence-electron chi connectivity index (χ0n) is 17.1. The molecule has 2 aromatic rings. The number of nitrogens with zero attached hydrogens (tertiary/aromatic N) is 2. The average molecular weight is 391 g/mol. The minimum atomic E-state index is -0.398. The number of aldehydes is 1. The summed E-state index contributed by atoms with van der Waals surface area (Å²) in [6, 6.07) is 14.1. The van der Waals surface area contributed by atoms with Crippen molar-refractivity contribution < 1.29 is 9.18 Å². The molecular formula is C24H26FN3O.